The summed E-state index contributed by atoms with van der Waals surface area (Å²) in [5.74, 6) is 0.00665. The van der Waals surface area contributed by atoms with Gasteiger partial charge in [0.2, 0.25) is 5.91 Å². The van der Waals surface area contributed by atoms with E-state index in [9.17, 15) is 4.79 Å². The number of anilines is 2. The summed E-state index contributed by atoms with van der Waals surface area (Å²) in [5, 5.41) is 10.4. The van der Waals surface area contributed by atoms with Crippen LogP contribution in [0.25, 0.3) is 0 Å². The maximum Gasteiger partial charge on any atom is 0.226 e. The first-order chi connectivity index (χ1) is 10.1. The smallest absolute Gasteiger partial charge is 0.226 e. The van der Waals surface area contributed by atoms with Crippen LogP contribution in [-0.2, 0) is 11.3 Å². The Bertz CT molecular complexity index is 606. The molecule has 1 atom stereocenters. The number of rotatable bonds is 6. The lowest BCUT2D eigenvalue weighted by atomic mass is 10.2. The second kappa shape index (κ2) is 6.92. The number of hydrogen-bond donors (Lipinski definition) is 2. The van der Waals surface area contributed by atoms with Crippen molar-refractivity contribution in [2.75, 3.05) is 10.6 Å². The fraction of sp³-hybridized carbons (Fsp3) is 0.375. The molecule has 0 saturated heterocycles. The van der Waals surface area contributed by atoms with Crippen LogP contribution in [0.4, 0.5) is 11.4 Å². The lowest BCUT2D eigenvalue weighted by Crippen LogP contribution is -2.23. The molecule has 1 aromatic heterocycles. The molecule has 1 unspecified atom stereocenters. The quantitative estimate of drug-likeness (QED) is 0.858. The van der Waals surface area contributed by atoms with Crippen LogP contribution < -0.4 is 10.6 Å². The molecule has 2 aromatic rings. The summed E-state index contributed by atoms with van der Waals surface area (Å²) in [5.41, 5.74) is 2.87. The number of carbonyl (C=O) groups is 1. The van der Waals surface area contributed by atoms with E-state index in [0.717, 1.165) is 23.5 Å². The van der Waals surface area contributed by atoms with Crippen LogP contribution in [0, 0.1) is 6.92 Å². The molecule has 0 saturated carbocycles. The molecule has 21 heavy (non-hydrogen) atoms. The maximum atomic E-state index is 12.1. The highest BCUT2D eigenvalue weighted by Gasteiger charge is 2.11. The molecule has 0 aliphatic rings. The molecule has 1 heterocycles. The lowest BCUT2D eigenvalue weighted by molar-refractivity contribution is -0.116. The SMILES string of the molecule is CCn1cc(NC(C)CC(=O)Nc2ccccc2C)cn1. The predicted octanol–water partition coefficient (Wildman–Crippen LogP) is 3.04. The molecule has 0 spiro atoms. The summed E-state index contributed by atoms with van der Waals surface area (Å²) < 4.78 is 1.85. The summed E-state index contributed by atoms with van der Waals surface area (Å²) in [4.78, 5) is 12.1. The van der Waals surface area contributed by atoms with Crippen LogP contribution in [0.15, 0.2) is 36.7 Å². The zero-order valence-electron chi connectivity index (χ0n) is 12.8. The number of benzene rings is 1. The third kappa shape index (κ3) is 4.34. The Morgan fingerprint density at radius 2 is 2.14 bits per heavy atom. The van der Waals surface area contributed by atoms with E-state index in [0.29, 0.717) is 6.42 Å². The Hall–Kier alpha value is -2.30. The van der Waals surface area contributed by atoms with Crippen molar-refractivity contribution in [3.05, 3.63) is 42.2 Å². The molecule has 5 nitrogen and oxygen atoms in total. The second-order valence-corrected chi connectivity index (χ2v) is 5.20. The van der Waals surface area contributed by atoms with Gasteiger partial charge < -0.3 is 10.6 Å². The van der Waals surface area contributed by atoms with Crippen molar-refractivity contribution in [3.8, 4) is 0 Å². The lowest BCUT2D eigenvalue weighted by Gasteiger charge is -2.14. The molecular weight excluding hydrogens is 264 g/mol. The summed E-state index contributed by atoms with van der Waals surface area (Å²) in [6.07, 6.45) is 4.13. The summed E-state index contributed by atoms with van der Waals surface area (Å²) >= 11 is 0. The van der Waals surface area contributed by atoms with Gasteiger partial charge in [0.05, 0.1) is 11.9 Å². The molecule has 0 radical (unpaired) electrons. The minimum Gasteiger partial charge on any atom is -0.380 e. The molecule has 112 valence electrons. The standard InChI is InChI=1S/C16H22N4O/c1-4-20-11-14(10-17-20)18-13(3)9-16(21)19-15-8-6-5-7-12(15)2/h5-8,10-11,13,18H,4,9H2,1-3H3,(H,19,21). The van der Waals surface area contributed by atoms with Gasteiger partial charge in [-0.05, 0) is 32.4 Å². The maximum absolute atomic E-state index is 12.1. The fourth-order valence-electron chi connectivity index (χ4n) is 2.14. The molecule has 1 aromatic carbocycles. The highest BCUT2D eigenvalue weighted by Crippen LogP contribution is 2.14. The third-order valence-electron chi connectivity index (χ3n) is 3.28. The van der Waals surface area contributed by atoms with E-state index in [4.69, 9.17) is 0 Å². The van der Waals surface area contributed by atoms with Crippen LogP contribution in [0.5, 0.6) is 0 Å². The fourth-order valence-corrected chi connectivity index (χ4v) is 2.14. The van der Waals surface area contributed by atoms with E-state index >= 15 is 0 Å². The first-order valence-electron chi connectivity index (χ1n) is 7.23. The summed E-state index contributed by atoms with van der Waals surface area (Å²) in [6, 6.07) is 7.82. The zero-order valence-corrected chi connectivity index (χ0v) is 12.8. The molecule has 0 aliphatic carbocycles. The molecule has 1 amide bonds. The summed E-state index contributed by atoms with van der Waals surface area (Å²) in [7, 11) is 0. The van der Waals surface area contributed by atoms with Crippen molar-refractivity contribution in [3.63, 3.8) is 0 Å². The van der Waals surface area contributed by atoms with Crippen molar-refractivity contribution >= 4 is 17.3 Å². The van der Waals surface area contributed by atoms with E-state index in [1.807, 2.05) is 55.9 Å². The molecule has 0 fully saturated rings. The Morgan fingerprint density at radius 3 is 2.81 bits per heavy atom. The van der Waals surface area contributed by atoms with Crippen molar-refractivity contribution in [2.24, 2.45) is 0 Å². The molecule has 2 rings (SSSR count). The highest BCUT2D eigenvalue weighted by molar-refractivity contribution is 5.92. The number of hydrogen-bond acceptors (Lipinski definition) is 3. The largest absolute Gasteiger partial charge is 0.380 e. The average molecular weight is 286 g/mol. The highest BCUT2D eigenvalue weighted by atomic mass is 16.1. The normalized spacial score (nSPS) is 12.0. The number of aromatic nitrogens is 2. The number of para-hydroxylation sites is 1. The first kappa shape index (κ1) is 15.1. The average Bonchev–Trinajstić information content (AvgIpc) is 2.88. The molecule has 0 aliphatic heterocycles. The third-order valence-corrected chi connectivity index (χ3v) is 3.28. The Morgan fingerprint density at radius 1 is 1.38 bits per heavy atom. The van der Waals surface area contributed by atoms with Gasteiger partial charge in [-0.15, -0.1) is 0 Å². The van der Waals surface area contributed by atoms with Crippen LogP contribution in [-0.4, -0.2) is 21.7 Å². The minimum atomic E-state index is 0.00665. The topological polar surface area (TPSA) is 59.0 Å². The minimum absolute atomic E-state index is 0.00665. The van der Waals surface area contributed by atoms with Crippen LogP contribution in [0.2, 0.25) is 0 Å². The Kier molecular flexibility index (Phi) is 4.98. The molecular formula is C16H22N4O. The summed E-state index contributed by atoms with van der Waals surface area (Å²) in [6.45, 7) is 6.84. The van der Waals surface area contributed by atoms with Crippen molar-refractivity contribution < 1.29 is 4.79 Å². The van der Waals surface area contributed by atoms with Gasteiger partial charge >= 0.3 is 0 Å². The second-order valence-electron chi connectivity index (χ2n) is 5.20. The number of aryl methyl sites for hydroxylation is 2. The van der Waals surface area contributed by atoms with Gasteiger partial charge in [-0.3, -0.25) is 9.48 Å². The van der Waals surface area contributed by atoms with Crippen LogP contribution in [0.3, 0.4) is 0 Å². The number of nitrogens with zero attached hydrogens (tertiary/aromatic N) is 2. The van der Waals surface area contributed by atoms with E-state index in [-0.39, 0.29) is 11.9 Å². The van der Waals surface area contributed by atoms with E-state index in [1.54, 1.807) is 6.20 Å². The van der Waals surface area contributed by atoms with Gasteiger partial charge in [-0.25, -0.2) is 0 Å². The van der Waals surface area contributed by atoms with Crippen LogP contribution in [0.1, 0.15) is 25.8 Å². The van der Waals surface area contributed by atoms with Crippen molar-refractivity contribution in [1.82, 2.24) is 9.78 Å². The monoisotopic (exact) mass is 286 g/mol. The van der Waals surface area contributed by atoms with Gasteiger partial charge in [0.1, 0.15) is 0 Å². The van der Waals surface area contributed by atoms with Gasteiger partial charge in [-0.1, -0.05) is 18.2 Å². The van der Waals surface area contributed by atoms with Crippen LogP contribution >= 0.6 is 0 Å². The molecule has 2 N–H and O–H groups in total. The number of nitrogens with one attached hydrogen (secondary N) is 2. The van der Waals surface area contributed by atoms with Gasteiger partial charge in [-0.2, -0.15) is 5.10 Å². The molecule has 5 heteroatoms. The Balaban J connectivity index is 1.86. The van der Waals surface area contributed by atoms with E-state index in [2.05, 4.69) is 15.7 Å². The Labute approximate surface area is 125 Å². The van der Waals surface area contributed by atoms with Gasteiger partial charge in [0.15, 0.2) is 0 Å². The first-order valence-corrected chi connectivity index (χ1v) is 7.23. The van der Waals surface area contributed by atoms with E-state index in [1.165, 1.54) is 0 Å². The van der Waals surface area contributed by atoms with Gasteiger partial charge in [0.25, 0.3) is 0 Å². The number of carbonyl (C=O) groups excluding carboxylic acids is 1. The van der Waals surface area contributed by atoms with Crippen molar-refractivity contribution in [1.29, 1.82) is 0 Å². The van der Waals surface area contributed by atoms with Gasteiger partial charge in [0, 0.05) is 30.9 Å². The molecule has 0 bridgehead atoms. The predicted molar refractivity (Wildman–Crippen MR) is 85.4 cm³/mol. The zero-order chi connectivity index (χ0) is 15.2. The van der Waals surface area contributed by atoms with Crippen molar-refractivity contribution in [2.45, 2.75) is 39.8 Å². The number of amides is 1. The van der Waals surface area contributed by atoms with E-state index < -0.39 is 0 Å².